The average Bonchev–Trinajstić information content (AvgIpc) is 2.42. The fourth-order valence-corrected chi connectivity index (χ4v) is 1.70. The largest absolute Gasteiger partial charge is 0.383 e. The predicted octanol–water partition coefficient (Wildman–Crippen LogP) is 2.51. The maximum absolute atomic E-state index is 6.05. The second-order valence-electron chi connectivity index (χ2n) is 5.11. The molecule has 0 radical (unpaired) electrons. The van der Waals surface area contributed by atoms with Gasteiger partial charge in [-0.2, -0.15) is 0 Å². The fraction of sp³-hybridized carbons (Fsp3) is 0.417. The first kappa shape index (κ1) is 10.0. The van der Waals surface area contributed by atoms with Gasteiger partial charge in [-0.25, -0.2) is 4.98 Å². The maximum atomic E-state index is 6.05. The first-order valence-electron chi connectivity index (χ1n) is 5.19. The van der Waals surface area contributed by atoms with Crippen LogP contribution in [-0.4, -0.2) is 9.38 Å². The molecular weight excluding hydrogens is 186 g/mol. The Hall–Kier alpha value is -1.51. The number of hydrogen-bond acceptors (Lipinski definition) is 2. The second kappa shape index (κ2) is 3.26. The van der Waals surface area contributed by atoms with Crippen molar-refractivity contribution < 1.29 is 0 Å². The van der Waals surface area contributed by atoms with Crippen molar-refractivity contribution in [2.45, 2.75) is 27.2 Å². The van der Waals surface area contributed by atoms with Crippen molar-refractivity contribution in [3.05, 3.63) is 30.1 Å². The van der Waals surface area contributed by atoms with Crippen LogP contribution in [-0.2, 0) is 6.42 Å². The van der Waals surface area contributed by atoms with Crippen molar-refractivity contribution in [2.24, 2.45) is 5.41 Å². The molecule has 0 atom stereocenters. The van der Waals surface area contributed by atoms with Crippen molar-refractivity contribution >= 4 is 11.5 Å². The number of nitrogens with two attached hydrogens (primary N) is 1. The normalized spacial score (nSPS) is 12.2. The minimum atomic E-state index is 0.214. The van der Waals surface area contributed by atoms with Gasteiger partial charge in [0.1, 0.15) is 11.5 Å². The van der Waals surface area contributed by atoms with Crippen molar-refractivity contribution in [3.63, 3.8) is 0 Å². The van der Waals surface area contributed by atoms with Crippen LogP contribution in [0.2, 0.25) is 0 Å². The lowest BCUT2D eigenvalue weighted by atomic mass is 9.90. The Morgan fingerprint density at radius 3 is 2.67 bits per heavy atom. The Kier molecular flexibility index (Phi) is 2.18. The first-order chi connectivity index (χ1) is 6.97. The van der Waals surface area contributed by atoms with Gasteiger partial charge >= 0.3 is 0 Å². The summed E-state index contributed by atoms with van der Waals surface area (Å²) in [5.74, 6) is 0.764. The van der Waals surface area contributed by atoms with Crippen LogP contribution in [0.3, 0.4) is 0 Å². The summed E-state index contributed by atoms with van der Waals surface area (Å²) in [4.78, 5) is 4.54. The van der Waals surface area contributed by atoms with E-state index in [-0.39, 0.29) is 5.41 Å². The lowest BCUT2D eigenvalue weighted by Crippen LogP contribution is -2.11. The Labute approximate surface area is 89.9 Å². The van der Waals surface area contributed by atoms with E-state index in [1.165, 1.54) is 0 Å². The van der Waals surface area contributed by atoms with Gasteiger partial charge in [-0.15, -0.1) is 0 Å². The number of aromatic nitrogens is 2. The van der Waals surface area contributed by atoms with E-state index >= 15 is 0 Å². The van der Waals surface area contributed by atoms with E-state index in [4.69, 9.17) is 5.73 Å². The molecule has 3 heteroatoms. The van der Waals surface area contributed by atoms with E-state index in [9.17, 15) is 0 Å². The molecule has 0 aliphatic carbocycles. The van der Waals surface area contributed by atoms with Gasteiger partial charge in [0.15, 0.2) is 0 Å². The first-order valence-corrected chi connectivity index (χ1v) is 5.19. The molecule has 0 unspecified atom stereocenters. The smallest absolute Gasteiger partial charge is 0.138 e. The molecule has 0 amide bonds. The number of pyridine rings is 1. The predicted molar refractivity (Wildman–Crippen MR) is 62.8 cm³/mol. The minimum absolute atomic E-state index is 0.214. The molecule has 3 nitrogen and oxygen atoms in total. The number of imidazole rings is 1. The third-order valence-corrected chi connectivity index (χ3v) is 2.34. The van der Waals surface area contributed by atoms with Gasteiger partial charge in [0.25, 0.3) is 0 Å². The summed E-state index contributed by atoms with van der Waals surface area (Å²) in [5, 5.41) is 0. The van der Waals surface area contributed by atoms with E-state index in [0.717, 1.165) is 23.6 Å². The Morgan fingerprint density at radius 2 is 2.07 bits per heavy atom. The van der Waals surface area contributed by atoms with E-state index in [1.807, 2.05) is 28.8 Å². The number of fused-ring (bicyclic) bond motifs is 1. The summed E-state index contributed by atoms with van der Waals surface area (Å²) < 4.78 is 1.93. The van der Waals surface area contributed by atoms with Gasteiger partial charge in [-0.05, 0) is 24.0 Å². The summed E-state index contributed by atoms with van der Waals surface area (Å²) >= 11 is 0. The molecule has 2 aromatic heterocycles. The van der Waals surface area contributed by atoms with Gasteiger partial charge in [-0.3, -0.25) is 4.40 Å². The zero-order valence-corrected chi connectivity index (χ0v) is 9.49. The molecule has 2 aromatic rings. The highest BCUT2D eigenvalue weighted by atomic mass is 15.1. The van der Waals surface area contributed by atoms with Crippen molar-refractivity contribution in [2.75, 3.05) is 5.73 Å². The summed E-state index contributed by atoms with van der Waals surface area (Å²) in [7, 11) is 0. The average molecular weight is 203 g/mol. The summed E-state index contributed by atoms with van der Waals surface area (Å²) in [6, 6.07) is 5.91. The molecule has 0 aromatic carbocycles. The molecular formula is C12H17N3. The van der Waals surface area contributed by atoms with E-state index in [1.54, 1.807) is 0 Å². The number of nitrogens with zero attached hydrogens (tertiary/aromatic N) is 2. The molecule has 0 aliphatic rings. The molecule has 0 saturated heterocycles. The third-order valence-electron chi connectivity index (χ3n) is 2.34. The minimum Gasteiger partial charge on any atom is -0.383 e. The lowest BCUT2D eigenvalue weighted by Gasteiger charge is -2.16. The summed E-state index contributed by atoms with van der Waals surface area (Å²) in [6.45, 7) is 6.57. The summed E-state index contributed by atoms with van der Waals surface area (Å²) in [6.07, 6.45) is 2.85. The molecule has 2 rings (SSSR count). The van der Waals surface area contributed by atoms with Crippen LogP contribution in [0, 0.1) is 5.41 Å². The van der Waals surface area contributed by atoms with Crippen molar-refractivity contribution in [1.29, 1.82) is 0 Å². The monoisotopic (exact) mass is 203 g/mol. The quantitative estimate of drug-likeness (QED) is 0.773. The number of nitrogen functional groups attached to an aromatic ring is 1. The molecule has 2 N–H and O–H groups in total. The van der Waals surface area contributed by atoms with Crippen LogP contribution in [0.4, 0.5) is 5.82 Å². The highest BCUT2D eigenvalue weighted by Gasteiger charge is 2.17. The number of rotatable bonds is 1. The number of anilines is 1. The van der Waals surface area contributed by atoms with Crippen molar-refractivity contribution in [3.8, 4) is 0 Å². The van der Waals surface area contributed by atoms with Gasteiger partial charge in [0.2, 0.25) is 0 Å². The Balaban J connectivity index is 2.49. The molecule has 0 saturated carbocycles. The van der Waals surface area contributed by atoms with Crippen LogP contribution in [0.25, 0.3) is 5.65 Å². The van der Waals surface area contributed by atoms with Crippen LogP contribution in [0.5, 0.6) is 0 Å². The maximum Gasteiger partial charge on any atom is 0.138 e. The molecule has 0 aliphatic heterocycles. The zero-order valence-electron chi connectivity index (χ0n) is 9.49. The highest BCUT2D eigenvalue weighted by Crippen LogP contribution is 2.24. The standard InChI is InChI=1S/C12H17N3/c1-12(2,3)8-9-11(13)15-7-5-4-6-10(15)14-9/h4-7H,8,13H2,1-3H3. The van der Waals surface area contributed by atoms with Crippen LogP contribution >= 0.6 is 0 Å². The highest BCUT2D eigenvalue weighted by molar-refractivity contribution is 5.52. The Bertz CT molecular complexity index is 477. The molecule has 15 heavy (non-hydrogen) atoms. The number of hydrogen-bond donors (Lipinski definition) is 1. The van der Waals surface area contributed by atoms with Crippen LogP contribution in [0.1, 0.15) is 26.5 Å². The van der Waals surface area contributed by atoms with E-state index in [0.29, 0.717) is 0 Å². The lowest BCUT2D eigenvalue weighted by molar-refractivity contribution is 0.408. The zero-order chi connectivity index (χ0) is 11.1. The van der Waals surface area contributed by atoms with Gasteiger partial charge < -0.3 is 5.73 Å². The fourth-order valence-electron chi connectivity index (χ4n) is 1.70. The topological polar surface area (TPSA) is 43.3 Å². The molecule has 2 heterocycles. The molecule has 0 fully saturated rings. The van der Waals surface area contributed by atoms with Crippen LogP contribution < -0.4 is 5.73 Å². The van der Waals surface area contributed by atoms with E-state index < -0.39 is 0 Å². The second-order valence-corrected chi connectivity index (χ2v) is 5.11. The third kappa shape index (κ3) is 1.96. The Morgan fingerprint density at radius 1 is 1.33 bits per heavy atom. The summed E-state index contributed by atoms with van der Waals surface area (Å²) in [5.41, 5.74) is 8.18. The van der Waals surface area contributed by atoms with Crippen LogP contribution in [0.15, 0.2) is 24.4 Å². The van der Waals surface area contributed by atoms with Gasteiger partial charge in [0, 0.05) is 6.20 Å². The molecule has 80 valence electrons. The SMILES string of the molecule is CC(C)(C)Cc1nc2ccccn2c1N. The van der Waals surface area contributed by atoms with E-state index in [2.05, 4.69) is 25.8 Å². The molecule has 0 spiro atoms. The molecule has 0 bridgehead atoms. The van der Waals surface area contributed by atoms with Gasteiger partial charge in [-0.1, -0.05) is 26.8 Å². The van der Waals surface area contributed by atoms with Gasteiger partial charge in [0.05, 0.1) is 5.69 Å². The van der Waals surface area contributed by atoms with Crippen molar-refractivity contribution in [1.82, 2.24) is 9.38 Å².